The first kappa shape index (κ1) is 21.4. The molecule has 0 atom stereocenters. The summed E-state index contributed by atoms with van der Waals surface area (Å²) in [5.74, 6) is 1.46. The van der Waals surface area contributed by atoms with Gasteiger partial charge in [0.1, 0.15) is 4.90 Å². The number of piperazine rings is 1. The second-order valence-electron chi connectivity index (χ2n) is 7.28. The van der Waals surface area contributed by atoms with Crippen molar-refractivity contribution >= 4 is 31.9 Å². The molecule has 1 aromatic carbocycles. The molecule has 156 valence electrons. The van der Waals surface area contributed by atoms with Gasteiger partial charge in [0.05, 0.1) is 14.2 Å². The first-order valence-electron chi connectivity index (χ1n) is 9.56. The fourth-order valence-electron chi connectivity index (χ4n) is 3.94. The Bertz CT molecular complexity index is 816. The van der Waals surface area contributed by atoms with E-state index in [0.29, 0.717) is 54.5 Å². The number of benzene rings is 1. The van der Waals surface area contributed by atoms with Crippen molar-refractivity contribution in [2.75, 3.05) is 40.4 Å². The van der Waals surface area contributed by atoms with Crippen LogP contribution in [-0.4, -0.2) is 63.9 Å². The van der Waals surface area contributed by atoms with Gasteiger partial charge < -0.3 is 14.4 Å². The van der Waals surface area contributed by atoms with Crippen LogP contribution in [0.25, 0.3) is 0 Å². The first-order chi connectivity index (χ1) is 13.4. The summed E-state index contributed by atoms with van der Waals surface area (Å²) in [5.41, 5.74) is 0. The van der Waals surface area contributed by atoms with Gasteiger partial charge in [-0.25, -0.2) is 8.42 Å². The van der Waals surface area contributed by atoms with Gasteiger partial charge in [0, 0.05) is 43.1 Å². The fourth-order valence-corrected chi connectivity index (χ4v) is 6.36. The summed E-state index contributed by atoms with van der Waals surface area (Å²) in [5, 5.41) is 0. The molecular formula is C19H27BrN2O5S. The molecule has 1 heterocycles. The molecule has 1 saturated carbocycles. The lowest BCUT2D eigenvalue weighted by atomic mass is 10.0. The van der Waals surface area contributed by atoms with E-state index in [1.165, 1.54) is 37.4 Å². The second-order valence-corrected chi connectivity index (χ2v) is 10.0. The van der Waals surface area contributed by atoms with Crippen LogP contribution >= 0.6 is 15.9 Å². The molecule has 9 heteroatoms. The molecule has 1 aliphatic carbocycles. The summed E-state index contributed by atoms with van der Waals surface area (Å²) in [6, 6.07) is 3.06. The lowest BCUT2D eigenvalue weighted by molar-refractivity contribution is -0.133. The molecule has 2 aliphatic rings. The van der Waals surface area contributed by atoms with Crippen molar-refractivity contribution in [1.29, 1.82) is 0 Å². The third-order valence-electron chi connectivity index (χ3n) is 5.59. The van der Waals surface area contributed by atoms with Gasteiger partial charge in [-0.2, -0.15) is 4.31 Å². The third-order valence-corrected chi connectivity index (χ3v) is 8.44. The Morgan fingerprint density at radius 1 is 1.07 bits per heavy atom. The number of rotatable bonds is 6. The molecule has 1 amide bonds. The number of hydrogen-bond acceptors (Lipinski definition) is 5. The Balaban J connectivity index is 1.68. The number of amides is 1. The maximum absolute atomic E-state index is 13.1. The number of sulfonamides is 1. The van der Waals surface area contributed by atoms with E-state index < -0.39 is 10.0 Å². The van der Waals surface area contributed by atoms with Gasteiger partial charge in [0.15, 0.2) is 11.5 Å². The summed E-state index contributed by atoms with van der Waals surface area (Å²) in [7, 11) is -0.739. The van der Waals surface area contributed by atoms with Gasteiger partial charge in [0.25, 0.3) is 0 Å². The lowest BCUT2D eigenvalue weighted by Crippen LogP contribution is -2.50. The number of halogens is 1. The molecule has 2 fully saturated rings. The molecule has 28 heavy (non-hydrogen) atoms. The number of methoxy groups -OCH3 is 2. The lowest BCUT2D eigenvalue weighted by Gasteiger charge is -2.34. The van der Waals surface area contributed by atoms with Crippen LogP contribution in [0.15, 0.2) is 21.5 Å². The van der Waals surface area contributed by atoms with Crippen molar-refractivity contribution in [3.8, 4) is 11.5 Å². The highest BCUT2D eigenvalue weighted by Crippen LogP contribution is 2.37. The second kappa shape index (κ2) is 9.00. The zero-order valence-electron chi connectivity index (χ0n) is 16.3. The van der Waals surface area contributed by atoms with E-state index in [9.17, 15) is 13.2 Å². The molecule has 0 N–H and O–H groups in total. The molecule has 7 nitrogen and oxygen atoms in total. The number of nitrogens with zero attached hydrogens (tertiary/aromatic N) is 2. The van der Waals surface area contributed by atoms with E-state index in [4.69, 9.17) is 9.47 Å². The average molecular weight is 475 g/mol. The Morgan fingerprint density at radius 3 is 2.21 bits per heavy atom. The monoisotopic (exact) mass is 474 g/mol. The largest absolute Gasteiger partial charge is 0.493 e. The van der Waals surface area contributed by atoms with E-state index in [-0.39, 0.29) is 10.8 Å². The van der Waals surface area contributed by atoms with Crippen LogP contribution in [0.5, 0.6) is 11.5 Å². The number of carbonyl (C=O) groups excluding carboxylic acids is 1. The summed E-state index contributed by atoms with van der Waals surface area (Å²) in [4.78, 5) is 14.4. The van der Waals surface area contributed by atoms with Crippen molar-refractivity contribution in [2.45, 2.75) is 37.0 Å². The summed E-state index contributed by atoms with van der Waals surface area (Å²) >= 11 is 3.33. The van der Waals surface area contributed by atoms with Crippen LogP contribution in [0.4, 0.5) is 0 Å². The fraction of sp³-hybridized carbons (Fsp3) is 0.632. The summed E-state index contributed by atoms with van der Waals surface area (Å²) < 4.78 is 38.6. The smallest absolute Gasteiger partial charge is 0.244 e. The molecule has 0 spiro atoms. The van der Waals surface area contributed by atoms with E-state index in [1.54, 1.807) is 11.0 Å². The predicted octanol–water partition coefficient (Wildman–Crippen LogP) is 2.88. The van der Waals surface area contributed by atoms with Crippen molar-refractivity contribution in [1.82, 2.24) is 9.21 Å². The van der Waals surface area contributed by atoms with Gasteiger partial charge in [-0.05, 0) is 40.8 Å². The normalized spacial score (nSPS) is 19.0. The first-order valence-corrected chi connectivity index (χ1v) is 11.8. The highest BCUT2D eigenvalue weighted by Gasteiger charge is 2.33. The van der Waals surface area contributed by atoms with E-state index in [0.717, 1.165) is 12.8 Å². The Morgan fingerprint density at radius 2 is 1.64 bits per heavy atom. The SMILES string of the molecule is COc1cc(Br)c(S(=O)(=O)N2CCN(C(=O)CC3CCCC3)CC2)cc1OC. The zero-order chi connectivity index (χ0) is 20.3. The van der Waals surface area contributed by atoms with Gasteiger partial charge in [0.2, 0.25) is 15.9 Å². The molecule has 0 aromatic heterocycles. The maximum Gasteiger partial charge on any atom is 0.244 e. The van der Waals surface area contributed by atoms with Crippen LogP contribution in [-0.2, 0) is 14.8 Å². The summed E-state index contributed by atoms with van der Waals surface area (Å²) in [6.07, 6.45) is 5.28. The molecule has 3 rings (SSSR count). The topological polar surface area (TPSA) is 76.2 Å². The van der Waals surface area contributed by atoms with Gasteiger partial charge >= 0.3 is 0 Å². The minimum atomic E-state index is -3.71. The molecule has 0 bridgehead atoms. The van der Waals surface area contributed by atoms with E-state index in [1.807, 2.05) is 0 Å². The molecule has 0 unspecified atom stereocenters. The van der Waals surface area contributed by atoms with Crippen molar-refractivity contribution in [3.05, 3.63) is 16.6 Å². The Kier molecular flexibility index (Phi) is 6.88. The highest BCUT2D eigenvalue weighted by atomic mass is 79.9. The van der Waals surface area contributed by atoms with Crippen molar-refractivity contribution in [2.24, 2.45) is 5.92 Å². The minimum Gasteiger partial charge on any atom is -0.493 e. The number of hydrogen-bond donors (Lipinski definition) is 0. The highest BCUT2D eigenvalue weighted by molar-refractivity contribution is 9.10. The number of ether oxygens (including phenoxy) is 2. The standard InChI is InChI=1S/C19H27BrN2O5S/c1-26-16-12-15(20)18(13-17(16)27-2)28(24,25)22-9-7-21(8-10-22)19(23)11-14-5-3-4-6-14/h12-14H,3-11H2,1-2H3. The third kappa shape index (κ3) is 4.46. The van der Waals surface area contributed by atoms with Crippen LogP contribution < -0.4 is 9.47 Å². The molecular weight excluding hydrogens is 448 g/mol. The molecule has 1 aliphatic heterocycles. The van der Waals surface area contributed by atoms with Crippen LogP contribution in [0.1, 0.15) is 32.1 Å². The zero-order valence-corrected chi connectivity index (χ0v) is 18.7. The summed E-state index contributed by atoms with van der Waals surface area (Å²) in [6.45, 7) is 1.43. The molecule has 0 radical (unpaired) electrons. The minimum absolute atomic E-state index is 0.135. The van der Waals surface area contributed by atoms with Gasteiger partial charge in [-0.15, -0.1) is 0 Å². The average Bonchev–Trinajstić information content (AvgIpc) is 3.20. The Labute approximate surface area is 175 Å². The van der Waals surface area contributed by atoms with Crippen molar-refractivity contribution in [3.63, 3.8) is 0 Å². The molecule has 1 aromatic rings. The molecule has 1 saturated heterocycles. The van der Waals surface area contributed by atoms with Crippen LogP contribution in [0, 0.1) is 5.92 Å². The van der Waals surface area contributed by atoms with Gasteiger partial charge in [-0.3, -0.25) is 4.79 Å². The predicted molar refractivity (Wildman–Crippen MR) is 109 cm³/mol. The van der Waals surface area contributed by atoms with E-state index >= 15 is 0 Å². The maximum atomic E-state index is 13.1. The van der Waals surface area contributed by atoms with Crippen molar-refractivity contribution < 1.29 is 22.7 Å². The Hall–Kier alpha value is -1.32. The van der Waals surface area contributed by atoms with Crippen LogP contribution in [0.3, 0.4) is 0 Å². The number of carbonyl (C=O) groups is 1. The van der Waals surface area contributed by atoms with Gasteiger partial charge in [-0.1, -0.05) is 12.8 Å². The van der Waals surface area contributed by atoms with E-state index in [2.05, 4.69) is 15.9 Å². The van der Waals surface area contributed by atoms with Crippen LogP contribution in [0.2, 0.25) is 0 Å². The quantitative estimate of drug-likeness (QED) is 0.633.